The molecule has 1 atom stereocenters. The zero-order valence-corrected chi connectivity index (χ0v) is 17.0. The maximum atomic E-state index is 6.07. The molecule has 0 amide bonds. The molecule has 0 fully saturated rings. The van der Waals surface area contributed by atoms with Crippen LogP contribution < -0.4 is 5.32 Å². The first kappa shape index (κ1) is 19.3. The molecule has 0 aliphatic carbocycles. The van der Waals surface area contributed by atoms with Crippen molar-refractivity contribution in [3.05, 3.63) is 65.3 Å². The second-order valence-electron chi connectivity index (χ2n) is 7.13. The predicted molar refractivity (Wildman–Crippen MR) is 114 cm³/mol. The Morgan fingerprint density at radius 2 is 1.56 bits per heavy atom. The Bertz CT molecular complexity index is 889. The second-order valence-corrected chi connectivity index (χ2v) is 7.57. The van der Waals surface area contributed by atoms with Gasteiger partial charge in [-0.1, -0.05) is 53.6 Å². The number of aryl methyl sites for hydroxylation is 1. The number of hydrogen-bond donors (Lipinski definition) is 1. The van der Waals surface area contributed by atoms with Crippen LogP contribution >= 0.6 is 11.6 Å². The van der Waals surface area contributed by atoms with E-state index in [9.17, 15) is 0 Å². The highest BCUT2D eigenvalue weighted by atomic mass is 35.5. The Hall–Kier alpha value is -2.43. The highest BCUT2D eigenvalue weighted by molar-refractivity contribution is 6.30. The third-order valence-electron chi connectivity index (χ3n) is 4.25. The largest absolute Gasteiger partial charge is 0.365 e. The minimum absolute atomic E-state index is 0.262. The van der Waals surface area contributed by atoms with Crippen molar-refractivity contribution in [3.8, 4) is 22.5 Å². The van der Waals surface area contributed by atoms with Gasteiger partial charge in [-0.2, -0.15) is 0 Å². The van der Waals surface area contributed by atoms with E-state index in [-0.39, 0.29) is 6.04 Å². The van der Waals surface area contributed by atoms with Gasteiger partial charge in [0.15, 0.2) is 0 Å². The van der Waals surface area contributed by atoms with E-state index in [0.29, 0.717) is 5.02 Å². The molecular formula is C22H25ClN4. The number of rotatable bonds is 6. The number of hydrogen-bond acceptors (Lipinski definition) is 4. The molecule has 0 aliphatic rings. The quantitative estimate of drug-likeness (QED) is 0.643. The van der Waals surface area contributed by atoms with Crippen LogP contribution in [-0.2, 0) is 0 Å². The van der Waals surface area contributed by atoms with Gasteiger partial charge >= 0.3 is 0 Å². The molecule has 0 aliphatic heterocycles. The van der Waals surface area contributed by atoms with Crippen molar-refractivity contribution in [2.75, 3.05) is 26.0 Å². The molecule has 1 heterocycles. The van der Waals surface area contributed by atoms with Crippen LogP contribution in [0.1, 0.15) is 12.5 Å². The van der Waals surface area contributed by atoms with E-state index in [2.05, 4.69) is 62.4 Å². The van der Waals surface area contributed by atoms with Crippen LogP contribution in [-0.4, -0.2) is 41.5 Å². The minimum Gasteiger partial charge on any atom is -0.365 e. The van der Waals surface area contributed by atoms with E-state index in [1.54, 1.807) is 6.20 Å². The summed E-state index contributed by atoms with van der Waals surface area (Å²) in [5.41, 5.74) is 4.97. The van der Waals surface area contributed by atoms with E-state index in [1.165, 1.54) is 5.56 Å². The van der Waals surface area contributed by atoms with Crippen molar-refractivity contribution in [3.63, 3.8) is 0 Å². The fourth-order valence-electron chi connectivity index (χ4n) is 3.04. The normalized spacial score (nSPS) is 12.2. The van der Waals surface area contributed by atoms with Gasteiger partial charge in [0, 0.05) is 28.7 Å². The molecular weight excluding hydrogens is 356 g/mol. The lowest BCUT2D eigenvalue weighted by Gasteiger charge is -2.19. The van der Waals surface area contributed by atoms with Gasteiger partial charge in [0.2, 0.25) is 0 Å². The molecule has 1 aromatic heterocycles. The van der Waals surface area contributed by atoms with E-state index in [4.69, 9.17) is 21.6 Å². The van der Waals surface area contributed by atoms with Gasteiger partial charge in [-0.15, -0.1) is 0 Å². The van der Waals surface area contributed by atoms with Crippen molar-refractivity contribution in [1.29, 1.82) is 0 Å². The standard InChI is InChI=1S/C22H25ClN4/c1-15-5-7-17(8-6-15)21-22(18-9-11-19(23)12-10-18)26-20(13-24-21)25-16(2)14-27(3)4/h5-13,16H,14H2,1-4H3,(H,25,26). The first-order valence-electron chi connectivity index (χ1n) is 9.03. The lowest BCUT2D eigenvalue weighted by Crippen LogP contribution is -2.30. The molecule has 3 rings (SSSR count). The summed E-state index contributed by atoms with van der Waals surface area (Å²) in [6, 6.07) is 16.3. The van der Waals surface area contributed by atoms with Gasteiger partial charge in [0.1, 0.15) is 5.82 Å². The van der Waals surface area contributed by atoms with Crippen molar-refractivity contribution < 1.29 is 0 Å². The smallest absolute Gasteiger partial charge is 0.145 e. The number of nitrogens with one attached hydrogen (secondary N) is 1. The summed E-state index contributed by atoms with van der Waals surface area (Å²) in [7, 11) is 4.12. The highest BCUT2D eigenvalue weighted by Crippen LogP contribution is 2.30. The molecule has 0 bridgehead atoms. The molecule has 3 aromatic rings. The number of aromatic nitrogens is 2. The number of anilines is 1. The van der Waals surface area contributed by atoms with Crippen LogP contribution in [0.4, 0.5) is 5.82 Å². The lowest BCUT2D eigenvalue weighted by atomic mass is 10.0. The van der Waals surface area contributed by atoms with Crippen LogP contribution in [0.15, 0.2) is 54.7 Å². The molecule has 0 spiro atoms. The number of halogens is 1. The summed E-state index contributed by atoms with van der Waals surface area (Å²) in [5, 5.41) is 4.15. The number of benzene rings is 2. The maximum absolute atomic E-state index is 6.07. The van der Waals surface area contributed by atoms with Gasteiger partial charge in [-0.3, -0.25) is 4.98 Å². The van der Waals surface area contributed by atoms with Crippen molar-refractivity contribution in [1.82, 2.24) is 14.9 Å². The highest BCUT2D eigenvalue weighted by Gasteiger charge is 2.14. The monoisotopic (exact) mass is 380 g/mol. The molecule has 4 nitrogen and oxygen atoms in total. The Balaban J connectivity index is 2.02. The topological polar surface area (TPSA) is 41.1 Å². The SMILES string of the molecule is Cc1ccc(-c2ncc(NC(C)CN(C)C)nc2-c2ccc(Cl)cc2)cc1. The molecule has 140 valence electrons. The molecule has 2 aromatic carbocycles. The fourth-order valence-corrected chi connectivity index (χ4v) is 3.16. The molecule has 1 unspecified atom stereocenters. The average molecular weight is 381 g/mol. The first-order valence-corrected chi connectivity index (χ1v) is 9.41. The van der Waals surface area contributed by atoms with Crippen LogP contribution in [0, 0.1) is 6.92 Å². The van der Waals surface area contributed by atoms with Gasteiger partial charge in [-0.05, 0) is 40.1 Å². The summed E-state index contributed by atoms with van der Waals surface area (Å²) in [6.45, 7) is 5.13. The summed E-state index contributed by atoms with van der Waals surface area (Å²) in [6.07, 6.45) is 1.81. The molecule has 5 heteroatoms. The Labute approximate surface area is 166 Å². The maximum Gasteiger partial charge on any atom is 0.145 e. The van der Waals surface area contributed by atoms with E-state index in [1.807, 2.05) is 24.3 Å². The van der Waals surface area contributed by atoms with Gasteiger partial charge < -0.3 is 10.2 Å². The van der Waals surface area contributed by atoms with Crippen LogP contribution in [0.5, 0.6) is 0 Å². The van der Waals surface area contributed by atoms with Crippen LogP contribution in [0.2, 0.25) is 5.02 Å². The molecule has 1 N–H and O–H groups in total. The molecule has 0 saturated carbocycles. The second kappa shape index (κ2) is 8.51. The summed E-state index contributed by atoms with van der Waals surface area (Å²) < 4.78 is 0. The van der Waals surface area contributed by atoms with Crippen LogP contribution in [0.3, 0.4) is 0 Å². The average Bonchev–Trinajstić information content (AvgIpc) is 2.62. The van der Waals surface area contributed by atoms with Gasteiger partial charge in [-0.25, -0.2) is 4.98 Å². The number of likely N-dealkylation sites (N-methyl/N-ethyl adjacent to an activating group) is 1. The van der Waals surface area contributed by atoms with E-state index in [0.717, 1.165) is 34.9 Å². The molecule has 0 radical (unpaired) electrons. The fraction of sp³-hybridized carbons (Fsp3) is 0.273. The predicted octanol–water partition coefficient (Wildman–Crippen LogP) is 5.13. The third-order valence-corrected chi connectivity index (χ3v) is 4.50. The summed E-state index contributed by atoms with van der Waals surface area (Å²) in [4.78, 5) is 11.8. The van der Waals surface area contributed by atoms with Crippen molar-refractivity contribution in [2.24, 2.45) is 0 Å². The molecule has 0 saturated heterocycles. The zero-order chi connectivity index (χ0) is 19.4. The summed E-state index contributed by atoms with van der Waals surface area (Å²) in [5.74, 6) is 0.769. The Morgan fingerprint density at radius 1 is 0.963 bits per heavy atom. The van der Waals surface area contributed by atoms with E-state index < -0.39 is 0 Å². The van der Waals surface area contributed by atoms with Crippen LogP contribution in [0.25, 0.3) is 22.5 Å². The lowest BCUT2D eigenvalue weighted by molar-refractivity contribution is 0.392. The Morgan fingerprint density at radius 3 is 2.19 bits per heavy atom. The Kier molecular flexibility index (Phi) is 6.09. The molecule has 27 heavy (non-hydrogen) atoms. The minimum atomic E-state index is 0.262. The number of nitrogens with zero attached hydrogens (tertiary/aromatic N) is 3. The zero-order valence-electron chi connectivity index (χ0n) is 16.2. The summed E-state index contributed by atoms with van der Waals surface area (Å²) >= 11 is 6.07. The van der Waals surface area contributed by atoms with Gasteiger partial charge in [0.25, 0.3) is 0 Å². The third kappa shape index (κ3) is 5.06. The van der Waals surface area contributed by atoms with E-state index >= 15 is 0 Å². The van der Waals surface area contributed by atoms with Gasteiger partial charge in [0.05, 0.1) is 17.6 Å². The first-order chi connectivity index (χ1) is 12.9. The van der Waals surface area contributed by atoms with Crippen molar-refractivity contribution >= 4 is 17.4 Å². The van der Waals surface area contributed by atoms with Crippen molar-refractivity contribution in [2.45, 2.75) is 19.9 Å².